The van der Waals surface area contributed by atoms with Crippen molar-refractivity contribution in [1.29, 1.82) is 0 Å². The Hall–Kier alpha value is -1.42. The topological polar surface area (TPSA) is 53.4 Å². The van der Waals surface area contributed by atoms with Gasteiger partial charge in [-0.1, -0.05) is 13.8 Å². The summed E-state index contributed by atoms with van der Waals surface area (Å²) in [5, 5.41) is 9.16. The summed E-state index contributed by atoms with van der Waals surface area (Å²) < 4.78 is 0. The SMILES string of the molecule is CCC(CC)N(CCO)c1ccc(C(C)=O)cn1. The summed E-state index contributed by atoms with van der Waals surface area (Å²) in [7, 11) is 0. The fourth-order valence-electron chi connectivity index (χ4n) is 2.09. The lowest BCUT2D eigenvalue weighted by molar-refractivity contribution is 0.101. The second kappa shape index (κ2) is 7.11. The van der Waals surface area contributed by atoms with Crippen molar-refractivity contribution in [1.82, 2.24) is 4.98 Å². The zero-order valence-corrected chi connectivity index (χ0v) is 11.4. The molecule has 0 radical (unpaired) electrons. The molecule has 0 atom stereocenters. The number of aliphatic hydroxyl groups excluding tert-OH is 1. The number of hydrogen-bond acceptors (Lipinski definition) is 4. The minimum absolute atomic E-state index is 0.0188. The number of aromatic nitrogens is 1. The lowest BCUT2D eigenvalue weighted by Crippen LogP contribution is -2.37. The van der Waals surface area contributed by atoms with Gasteiger partial charge in [-0.25, -0.2) is 4.98 Å². The summed E-state index contributed by atoms with van der Waals surface area (Å²) >= 11 is 0. The van der Waals surface area contributed by atoms with Crippen molar-refractivity contribution >= 4 is 11.6 Å². The fourth-order valence-corrected chi connectivity index (χ4v) is 2.09. The first-order valence-electron chi connectivity index (χ1n) is 6.48. The second-order valence-corrected chi connectivity index (χ2v) is 4.35. The molecule has 0 saturated heterocycles. The Balaban J connectivity index is 2.94. The molecule has 1 N–H and O–H groups in total. The predicted octanol–water partition coefficient (Wildman–Crippen LogP) is 2.27. The number of pyridine rings is 1. The van der Waals surface area contributed by atoms with Crippen LogP contribution in [0.1, 0.15) is 44.0 Å². The molecule has 0 aliphatic rings. The van der Waals surface area contributed by atoms with Crippen LogP contribution in [0.15, 0.2) is 18.3 Å². The molecule has 0 spiro atoms. The van der Waals surface area contributed by atoms with E-state index < -0.39 is 0 Å². The number of Topliss-reactive ketones (excluding diaryl/α,β-unsaturated/α-hetero) is 1. The molecule has 1 heterocycles. The molecule has 0 aliphatic heterocycles. The molecule has 0 amide bonds. The summed E-state index contributed by atoms with van der Waals surface area (Å²) in [6.07, 6.45) is 3.61. The molecule has 1 aromatic rings. The van der Waals surface area contributed by atoms with E-state index in [2.05, 4.69) is 23.7 Å². The van der Waals surface area contributed by atoms with Crippen molar-refractivity contribution in [2.75, 3.05) is 18.1 Å². The molecule has 0 fully saturated rings. The van der Waals surface area contributed by atoms with E-state index in [-0.39, 0.29) is 12.4 Å². The summed E-state index contributed by atoms with van der Waals surface area (Å²) in [6, 6.07) is 4.01. The zero-order chi connectivity index (χ0) is 13.5. The van der Waals surface area contributed by atoms with E-state index in [1.54, 1.807) is 12.3 Å². The Kier molecular flexibility index (Phi) is 5.78. The fraction of sp³-hybridized carbons (Fsp3) is 0.571. The number of rotatable bonds is 7. The van der Waals surface area contributed by atoms with E-state index in [1.165, 1.54) is 6.92 Å². The third-order valence-corrected chi connectivity index (χ3v) is 3.17. The molecule has 1 rings (SSSR count). The molecule has 18 heavy (non-hydrogen) atoms. The van der Waals surface area contributed by atoms with Crippen LogP contribution in [0.25, 0.3) is 0 Å². The smallest absolute Gasteiger partial charge is 0.161 e. The van der Waals surface area contributed by atoms with Crippen molar-refractivity contribution in [3.63, 3.8) is 0 Å². The lowest BCUT2D eigenvalue weighted by Gasteiger charge is -2.31. The normalized spacial score (nSPS) is 10.7. The molecule has 0 aromatic carbocycles. The molecule has 4 nitrogen and oxygen atoms in total. The van der Waals surface area contributed by atoms with Crippen LogP contribution in [-0.4, -0.2) is 35.1 Å². The summed E-state index contributed by atoms with van der Waals surface area (Å²) in [5.74, 6) is 0.841. The van der Waals surface area contributed by atoms with E-state index in [9.17, 15) is 4.79 Å². The summed E-state index contributed by atoms with van der Waals surface area (Å²) in [5.41, 5.74) is 0.618. The van der Waals surface area contributed by atoms with Gasteiger partial charge in [0.1, 0.15) is 5.82 Å². The average Bonchev–Trinajstić information content (AvgIpc) is 2.39. The Bertz CT molecular complexity index is 372. The largest absolute Gasteiger partial charge is 0.395 e. The predicted molar refractivity (Wildman–Crippen MR) is 73.0 cm³/mol. The summed E-state index contributed by atoms with van der Waals surface area (Å²) in [4.78, 5) is 17.6. The first-order chi connectivity index (χ1) is 8.63. The third-order valence-electron chi connectivity index (χ3n) is 3.17. The monoisotopic (exact) mass is 250 g/mol. The number of ketones is 1. The van der Waals surface area contributed by atoms with E-state index in [4.69, 9.17) is 5.11 Å². The van der Waals surface area contributed by atoms with Crippen LogP contribution < -0.4 is 4.90 Å². The molecular formula is C14H22N2O2. The van der Waals surface area contributed by atoms with Gasteiger partial charge in [-0.15, -0.1) is 0 Å². The van der Waals surface area contributed by atoms with Gasteiger partial charge < -0.3 is 10.0 Å². The van der Waals surface area contributed by atoms with Gasteiger partial charge in [-0.05, 0) is 31.9 Å². The van der Waals surface area contributed by atoms with Crippen LogP contribution in [0.4, 0.5) is 5.82 Å². The lowest BCUT2D eigenvalue weighted by atomic mass is 10.1. The van der Waals surface area contributed by atoms with E-state index in [0.29, 0.717) is 18.2 Å². The maximum absolute atomic E-state index is 11.2. The van der Waals surface area contributed by atoms with Gasteiger partial charge in [0, 0.05) is 24.3 Å². The van der Waals surface area contributed by atoms with Crippen LogP contribution in [0, 0.1) is 0 Å². The maximum atomic E-state index is 11.2. The highest BCUT2D eigenvalue weighted by molar-refractivity contribution is 5.93. The van der Waals surface area contributed by atoms with Gasteiger partial charge in [0.2, 0.25) is 0 Å². The number of hydrogen-bond donors (Lipinski definition) is 1. The van der Waals surface area contributed by atoms with Gasteiger partial charge in [0.15, 0.2) is 5.78 Å². The van der Waals surface area contributed by atoms with Gasteiger partial charge in [-0.2, -0.15) is 0 Å². The highest BCUT2D eigenvalue weighted by atomic mass is 16.3. The van der Waals surface area contributed by atoms with Crippen molar-refractivity contribution in [2.24, 2.45) is 0 Å². The first-order valence-corrected chi connectivity index (χ1v) is 6.48. The van der Waals surface area contributed by atoms with E-state index >= 15 is 0 Å². The molecule has 4 heteroatoms. The summed E-state index contributed by atoms with van der Waals surface area (Å²) in [6.45, 7) is 6.46. The van der Waals surface area contributed by atoms with Crippen molar-refractivity contribution in [3.8, 4) is 0 Å². The van der Waals surface area contributed by atoms with Gasteiger partial charge in [0.05, 0.1) is 6.61 Å². The van der Waals surface area contributed by atoms with Crippen LogP contribution in [0.5, 0.6) is 0 Å². The van der Waals surface area contributed by atoms with Gasteiger partial charge in [-0.3, -0.25) is 4.79 Å². The van der Waals surface area contributed by atoms with Crippen molar-refractivity contribution < 1.29 is 9.90 Å². The standard InChI is InChI=1S/C14H22N2O2/c1-4-13(5-2)16(8-9-17)14-7-6-12(10-15-14)11(3)18/h6-7,10,13,17H,4-5,8-9H2,1-3H3. The molecule has 0 saturated carbocycles. The average molecular weight is 250 g/mol. The van der Waals surface area contributed by atoms with Gasteiger partial charge in [0.25, 0.3) is 0 Å². The minimum atomic E-state index is 0.0188. The number of carbonyl (C=O) groups is 1. The van der Waals surface area contributed by atoms with Crippen LogP contribution in [0.3, 0.4) is 0 Å². The molecule has 1 aromatic heterocycles. The number of anilines is 1. The number of nitrogens with zero attached hydrogens (tertiary/aromatic N) is 2. The minimum Gasteiger partial charge on any atom is -0.395 e. The highest BCUT2D eigenvalue weighted by Crippen LogP contribution is 2.18. The molecule has 0 unspecified atom stereocenters. The van der Waals surface area contributed by atoms with Gasteiger partial charge >= 0.3 is 0 Å². The molecule has 0 aliphatic carbocycles. The Morgan fingerprint density at radius 1 is 1.39 bits per heavy atom. The Morgan fingerprint density at radius 3 is 2.44 bits per heavy atom. The highest BCUT2D eigenvalue weighted by Gasteiger charge is 2.16. The van der Waals surface area contributed by atoms with E-state index in [1.807, 2.05) is 6.07 Å². The maximum Gasteiger partial charge on any atom is 0.161 e. The number of carbonyl (C=O) groups excluding carboxylic acids is 1. The van der Waals surface area contributed by atoms with Crippen LogP contribution in [0.2, 0.25) is 0 Å². The Labute approximate surface area is 109 Å². The third kappa shape index (κ3) is 3.53. The molecule has 100 valence electrons. The molecular weight excluding hydrogens is 228 g/mol. The number of aliphatic hydroxyl groups is 1. The van der Waals surface area contributed by atoms with Crippen molar-refractivity contribution in [2.45, 2.75) is 39.7 Å². The zero-order valence-electron chi connectivity index (χ0n) is 11.4. The Morgan fingerprint density at radius 2 is 2.06 bits per heavy atom. The van der Waals surface area contributed by atoms with Crippen LogP contribution in [-0.2, 0) is 0 Å². The first kappa shape index (κ1) is 14.6. The quantitative estimate of drug-likeness (QED) is 0.754. The van der Waals surface area contributed by atoms with Crippen LogP contribution >= 0.6 is 0 Å². The van der Waals surface area contributed by atoms with E-state index in [0.717, 1.165) is 18.7 Å². The second-order valence-electron chi connectivity index (χ2n) is 4.35. The molecule has 0 bridgehead atoms. The van der Waals surface area contributed by atoms with Crippen molar-refractivity contribution in [3.05, 3.63) is 23.9 Å².